The molecule has 2 aromatic rings. The monoisotopic (exact) mass is 349 g/mol. The number of hydrogen-bond acceptors (Lipinski definition) is 4. The summed E-state index contributed by atoms with van der Waals surface area (Å²) >= 11 is 0. The van der Waals surface area contributed by atoms with Crippen molar-refractivity contribution in [2.24, 2.45) is 0 Å². The third-order valence-corrected chi connectivity index (χ3v) is 4.18. The van der Waals surface area contributed by atoms with Gasteiger partial charge in [0, 0.05) is 19.6 Å². The van der Waals surface area contributed by atoms with Crippen LogP contribution in [0.1, 0.15) is 11.1 Å². The fraction of sp³-hybridized carbons (Fsp3) is 0.368. The molecule has 4 nitrogen and oxygen atoms in total. The molecular weight excluding hydrogens is 326 g/mol. The maximum absolute atomic E-state index is 10.2. The Hall–Kier alpha value is -1.75. The molecule has 1 aliphatic heterocycles. The van der Waals surface area contributed by atoms with Crippen LogP contribution in [0.3, 0.4) is 0 Å². The summed E-state index contributed by atoms with van der Waals surface area (Å²) < 4.78 is 10.8. The molecule has 3 rings (SSSR count). The normalized spacial score (nSPS) is 15.1. The fourth-order valence-electron chi connectivity index (χ4n) is 2.93. The molecule has 1 unspecified atom stereocenters. The van der Waals surface area contributed by atoms with Gasteiger partial charge in [-0.3, -0.25) is 4.90 Å². The van der Waals surface area contributed by atoms with Crippen LogP contribution in [-0.4, -0.2) is 42.9 Å². The van der Waals surface area contributed by atoms with Crippen LogP contribution in [-0.2, 0) is 13.0 Å². The van der Waals surface area contributed by atoms with E-state index in [0.717, 1.165) is 31.0 Å². The van der Waals surface area contributed by atoms with Crippen LogP contribution in [0.15, 0.2) is 48.5 Å². The van der Waals surface area contributed by atoms with Gasteiger partial charge >= 0.3 is 0 Å². The van der Waals surface area contributed by atoms with Crippen LogP contribution >= 0.6 is 12.4 Å². The zero-order chi connectivity index (χ0) is 16.1. The minimum absolute atomic E-state index is 0. The highest BCUT2D eigenvalue weighted by molar-refractivity contribution is 5.85. The molecule has 1 aliphatic rings. The smallest absolute Gasteiger partial charge is 0.119 e. The molecule has 0 amide bonds. The van der Waals surface area contributed by atoms with Gasteiger partial charge in [-0.25, -0.2) is 0 Å². The number of ether oxygens (including phenoxy) is 2. The van der Waals surface area contributed by atoms with Crippen molar-refractivity contribution in [3.63, 3.8) is 0 Å². The number of rotatable bonds is 6. The van der Waals surface area contributed by atoms with E-state index in [1.54, 1.807) is 7.11 Å². The summed E-state index contributed by atoms with van der Waals surface area (Å²) in [6.45, 7) is 2.81. The number of methoxy groups -OCH3 is 1. The zero-order valence-electron chi connectivity index (χ0n) is 13.9. The highest BCUT2D eigenvalue weighted by Crippen LogP contribution is 2.19. The van der Waals surface area contributed by atoms with Crippen molar-refractivity contribution >= 4 is 12.4 Å². The van der Waals surface area contributed by atoms with E-state index in [1.807, 2.05) is 24.3 Å². The molecule has 0 saturated carbocycles. The predicted molar refractivity (Wildman–Crippen MR) is 97.2 cm³/mol. The Morgan fingerprint density at radius 2 is 1.71 bits per heavy atom. The molecule has 130 valence electrons. The van der Waals surface area contributed by atoms with Crippen molar-refractivity contribution in [2.45, 2.75) is 19.1 Å². The minimum Gasteiger partial charge on any atom is -0.497 e. The second-order valence-electron chi connectivity index (χ2n) is 5.89. The van der Waals surface area contributed by atoms with E-state index in [9.17, 15) is 5.11 Å². The first-order valence-corrected chi connectivity index (χ1v) is 7.98. The summed E-state index contributed by atoms with van der Waals surface area (Å²) in [5, 5.41) is 10.2. The van der Waals surface area contributed by atoms with Crippen molar-refractivity contribution in [1.29, 1.82) is 0 Å². The quantitative estimate of drug-likeness (QED) is 0.870. The standard InChI is InChI=1S/C19H23NO3.ClH/c1-22-18-6-8-19(9-7-18)23-14-17(21)13-20-11-10-15-4-2-3-5-16(15)12-20;/h2-9,17,21H,10-14H2,1H3;1H. The summed E-state index contributed by atoms with van der Waals surface area (Å²) in [5.41, 5.74) is 2.79. The van der Waals surface area contributed by atoms with Gasteiger partial charge in [0.25, 0.3) is 0 Å². The van der Waals surface area contributed by atoms with E-state index in [-0.39, 0.29) is 12.4 Å². The summed E-state index contributed by atoms with van der Waals surface area (Å²) in [6, 6.07) is 15.9. The molecule has 0 fully saturated rings. The molecule has 2 aromatic carbocycles. The number of β-amino-alcohol motifs (C(OH)–C–C–N with tert-alkyl or cyclic N) is 1. The number of aliphatic hydroxyl groups excluding tert-OH is 1. The molecule has 0 saturated heterocycles. The lowest BCUT2D eigenvalue weighted by atomic mass is 10.00. The Kier molecular flexibility index (Phi) is 6.91. The van der Waals surface area contributed by atoms with Gasteiger partial charge in [-0.2, -0.15) is 0 Å². The average Bonchev–Trinajstić information content (AvgIpc) is 2.60. The molecule has 0 aromatic heterocycles. The van der Waals surface area contributed by atoms with E-state index in [2.05, 4.69) is 29.2 Å². The van der Waals surface area contributed by atoms with Crippen LogP contribution in [0.25, 0.3) is 0 Å². The molecule has 5 heteroatoms. The van der Waals surface area contributed by atoms with Crippen LogP contribution in [0.2, 0.25) is 0 Å². The molecular formula is C19H24ClNO3. The summed E-state index contributed by atoms with van der Waals surface area (Å²) in [6.07, 6.45) is 0.546. The van der Waals surface area contributed by atoms with Crippen molar-refractivity contribution < 1.29 is 14.6 Å². The van der Waals surface area contributed by atoms with Crippen molar-refractivity contribution in [2.75, 3.05) is 26.8 Å². The van der Waals surface area contributed by atoms with Crippen LogP contribution < -0.4 is 9.47 Å². The third-order valence-electron chi connectivity index (χ3n) is 4.18. The Bertz CT molecular complexity index is 633. The van der Waals surface area contributed by atoms with Gasteiger partial charge in [0.15, 0.2) is 0 Å². The van der Waals surface area contributed by atoms with Gasteiger partial charge in [0.1, 0.15) is 24.2 Å². The summed E-state index contributed by atoms with van der Waals surface area (Å²) in [4.78, 5) is 2.28. The lowest BCUT2D eigenvalue weighted by Gasteiger charge is -2.30. The molecule has 1 atom stereocenters. The number of benzene rings is 2. The lowest BCUT2D eigenvalue weighted by Crippen LogP contribution is -2.38. The van der Waals surface area contributed by atoms with Gasteiger partial charge in [0.05, 0.1) is 7.11 Å². The van der Waals surface area contributed by atoms with Crippen LogP contribution in [0.4, 0.5) is 0 Å². The number of aliphatic hydroxyl groups is 1. The SMILES string of the molecule is COc1ccc(OCC(O)CN2CCc3ccccc3C2)cc1.Cl. The second-order valence-corrected chi connectivity index (χ2v) is 5.89. The lowest BCUT2D eigenvalue weighted by molar-refractivity contribution is 0.0637. The molecule has 0 spiro atoms. The Balaban J connectivity index is 0.00000208. The Labute approximate surface area is 149 Å². The fourth-order valence-corrected chi connectivity index (χ4v) is 2.93. The van der Waals surface area contributed by atoms with E-state index in [4.69, 9.17) is 9.47 Å². The largest absolute Gasteiger partial charge is 0.497 e. The Morgan fingerprint density at radius 1 is 1.04 bits per heavy atom. The molecule has 0 aliphatic carbocycles. The molecule has 24 heavy (non-hydrogen) atoms. The molecule has 0 radical (unpaired) electrons. The van der Waals surface area contributed by atoms with Crippen molar-refractivity contribution in [3.05, 3.63) is 59.7 Å². The number of fused-ring (bicyclic) bond motifs is 1. The van der Waals surface area contributed by atoms with Crippen molar-refractivity contribution in [1.82, 2.24) is 4.90 Å². The number of nitrogens with zero attached hydrogens (tertiary/aromatic N) is 1. The summed E-state index contributed by atoms with van der Waals surface area (Å²) in [7, 11) is 1.64. The summed E-state index contributed by atoms with van der Waals surface area (Å²) in [5.74, 6) is 1.54. The minimum atomic E-state index is -0.498. The van der Waals surface area contributed by atoms with Gasteiger partial charge in [-0.15, -0.1) is 12.4 Å². The van der Waals surface area contributed by atoms with E-state index in [1.165, 1.54) is 11.1 Å². The van der Waals surface area contributed by atoms with E-state index >= 15 is 0 Å². The third kappa shape index (κ3) is 4.87. The Morgan fingerprint density at radius 3 is 2.42 bits per heavy atom. The maximum Gasteiger partial charge on any atom is 0.119 e. The van der Waals surface area contributed by atoms with Crippen molar-refractivity contribution in [3.8, 4) is 11.5 Å². The van der Waals surface area contributed by atoms with Gasteiger partial charge in [-0.1, -0.05) is 24.3 Å². The predicted octanol–water partition coefficient (Wildman–Crippen LogP) is 2.92. The molecule has 1 heterocycles. The molecule has 1 N–H and O–H groups in total. The highest BCUT2D eigenvalue weighted by Gasteiger charge is 2.18. The second kappa shape index (κ2) is 8.92. The number of hydrogen-bond donors (Lipinski definition) is 1. The van der Waals surface area contributed by atoms with Crippen LogP contribution in [0.5, 0.6) is 11.5 Å². The van der Waals surface area contributed by atoms with Crippen LogP contribution in [0, 0.1) is 0 Å². The van der Waals surface area contributed by atoms with Gasteiger partial charge in [0.2, 0.25) is 0 Å². The van der Waals surface area contributed by atoms with E-state index < -0.39 is 6.10 Å². The van der Waals surface area contributed by atoms with Gasteiger partial charge in [-0.05, 0) is 41.8 Å². The first kappa shape index (κ1) is 18.6. The first-order valence-electron chi connectivity index (χ1n) is 7.98. The topological polar surface area (TPSA) is 41.9 Å². The highest BCUT2D eigenvalue weighted by atomic mass is 35.5. The average molecular weight is 350 g/mol. The van der Waals surface area contributed by atoms with Gasteiger partial charge < -0.3 is 14.6 Å². The zero-order valence-corrected chi connectivity index (χ0v) is 14.7. The molecule has 0 bridgehead atoms. The first-order chi connectivity index (χ1) is 11.2. The maximum atomic E-state index is 10.2. The number of halogens is 1. The van der Waals surface area contributed by atoms with E-state index in [0.29, 0.717) is 13.2 Å².